The summed E-state index contributed by atoms with van der Waals surface area (Å²) < 4.78 is 24.9. The number of halogens is 1. The third-order valence-corrected chi connectivity index (χ3v) is 7.10. The van der Waals surface area contributed by atoms with Crippen LogP contribution >= 0.6 is 23.4 Å². The van der Waals surface area contributed by atoms with Gasteiger partial charge in [0.25, 0.3) is 5.56 Å². The molecule has 0 aliphatic carbocycles. The van der Waals surface area contributed by atoms with Crippen LogP contribution in [0.1, 0.15) is 16.7 Å². The number of anilines is 1. The topological polar surface area (TPSA) is 106 Å². The van der Waals surface area contributed by atoms with Gasteiger partial charge in [0.15, 0.2) is 11.6 Å². The minimum absolute atomic E-state index is 0.0237. The number of rotatable bonds is 4. The van der Waals surface area contributed by atoms with E-state index in [2.05, 4.69) is 31.1 Å². The SMILES string of the molecule is COP1(=O)N=C(c2c(O)cnn(Cc3cccc(Br)c3)c2=O)Nc2ccc(C)cc21. The van der Waals surface area contributed by atoms with E-state index in [1.54, 1.807) is 12.1 Å². The van der Waals surface area contributed by atoms with Crippen molar-refractivity contribution in [1.82, 2.24) is 9.78 Å². The standard InChI is InChI=1S/C20H18BrN4O4P/c1-12-6-7-15-17(8-12)30(28,29-2)24-19(23-15)18-16(26)10-22-25(20(18)27)11-13-4-3-5-14(21)9-13/h3-10,26H,11H2,1-2H3,(H,23,24,28). The summed E-state index contributed by atoms with van der Waals surface area (Å²) in [7, 11) is -2.32. The Morgan fingerprint density at radius 3 is 2.80 bits per heavy atom. The molecule has 0 bridgehead atoms. The number of nitrogens with one attached hydrogen (secondary N) is 1. The van der Waals surface area contributed by atoms with Crippen molar-refractivity contribution in [1.29, 1.82) is 0 Å². The summed E-state index contributed by atoms with van der Waals surface area (Å²) >= 11 is 3.40. The predicted octanol–water partition coefficient (Wildman–Crippen LogP) is 3.41. The largest absolute Gasteiger partial charge is 0.505 e. The van der Waals surface area contributed by atoms with Crippen molar-refractivity contribution in [3.8, 4) is 5.75 Å². The predicted molar refractivity (Wildman–Crippen MR) is 119 cm³/mol. The summed E-state index contributed by atoms with van der Waals surface area (Å²) in [5.41, 5.74) is 1.56. The Kier molecular flexibility index (Phi) is 5.36. The minimum Gasteiger partial charge on any atom is -0.505 e. The van der Waals surface area contributed by atoms with Gasteiger partial charge in [-0.3, -0.25) is 9.36 Å². The maximum absolute atomic E-state index is 13.3. The number of hydrogen-bond donors (Lipinski definition) is 2. The van der Waals surface area contributed by atoms with E-state index >= 15 is 0 Å². The molecule has 0 radical (unpaired) electrons. The molecular formula is C20H18BrN4O4P. The van der Waals surface area contributed by atoms with Crippen LogP contribution in [0.25, 0.3) is 0 Å². The highest BCUT2D eigenvalue weighted by atomic mass is 79.9. The van der Waals surface area contributed by atoms with Crippen LogP contribution < -0.4 is 16.2 Å². The second-order valence-corrected chi connectivity index (χ2v) is 9.80. The molecule has 0 fully saturated rings. The lowest BCUT2D eigenvalue weighted by atomic mass is 10.2. The zero-order chi connectivity index (χ0) is 21.5. The molecule has 2 heterocycles. The summed E-state index contributed by atoms with van der Waals surface area (Å²) in [5, 5.41) is 17.8. The van der Waals surface area contributed by atoms with Gasteiger partial charge in [0.2, 0.25) is 0 Å². The molecule has 0 amide bonds. The van der Waals surface area contributed by atoms with Gasteiger partial charge in [-0.15, -0.1) is 0 Å². The van der Waals surface area contributed by atoms with Gasteiger partial charge in [0.05, 0.1) is 23.7 Å². The van der Waals surface area contributed by atoms with Crippen molar-refractivity contribution in [2.24, 2.45) is 4.76 Å². The maximum Gasteiger partial charge on any atom is 0.348 e. The first-order valence-electron chi connectivity index (χ1n) is 8.99. The number of hydrogen-bond acceptors (Lipinski definition) is 6. The molecule has 1 aliphatic heterocycles. The van der Waals surface area contributed by atoms with Gasteiger partial charge in [-0.05, 0) is 36.8 Å². The molecule has 0 saturated carbocycles. The highest BCUT2D eigenvalue weighted by Gasteiger charge is 2.34. The van der Waals surface area contributed by atoms with Crippen LogP contribution in [0.15, 0.2) is 62.7 Å². The van der Waals surface area contributed by atoms with Gasteiger partial charge in [-0.2, -0.15) is 9.86 Å². The quantitative estimate of drug-likeness (QED) is 0.545. The fourth-order valence-corrected chi connectivity index (χ4v) is 5.24. The van der Waals surface area contributed by atoms with Crippen LogP contribution in [0, 0.1) is 6.92 Å². The number of fused-ring (bicyclic) bond motifs is 1. The van der Waals surface area contributed by atoms with Gasteiger partial charge in [-0.1, -0.05) is 39.7 Å². The monoisotopic (exact) mass is 488 g/mol. The number of amidine groups is 1. The summed E-state index contributed by atoms with van der Waals surface area (Å²) in [6.07, 6.45) is 1.17. The van der Waals surface area contributed by atoms with E-state index in [9.17, 15) is 14.5 Å². The first-order valence-corrected chi connectivity index (χ1v) is 11.4. The van der Waals surface area contributed by atoms with Gasteiger partial charge in [0, 0.05) is 11.6 Å². The molecule has 0 spiro atoms. The van der Waals surface area contributed by atoms with Gasteiger partial charge >= 0.3 is 7.52 Å². The summed E-state index contributed by atoms with van der Waals surface area (Å²) in [6, 6.07) is 12.8. The lowest BCUT2D eigenvalue weighted by Crippen LogP contribution is -2.34. The van der Waals surface area contributed by atoms with Crippen molar-refractivity contribution in [3.63, 3.8) is 0 Å². The van der Waals surface area contributed by atoms with Crippen LogP contribution in [0.5, 0.6) is 5.75 Å². The van der Waals surface area contributed by atoms with Gasteiger partial charge in [0.1, 0.15) is 5.56 Å². The fraction of sp³-hybridized carbons (Fsp3) is 0.150. The summed E-state index contributed by atoms with van der Waals surface area (Å²) in [4.78, 5) is 13.1. The second kappa shape index (κ2) is 7.83. The molecule has 4 rings (SSSR count). The lowest BCUT2D eigenvalue weighted by Gasteiger charge is -2.24. The smallest absolute Gasteiger partial charge is 0.348 e. The van der Waals surface area contributed by atoms with Crippen molar-refractivity contribution in [3.05, 3.63) is 80.2 Å². The molecule has 2 aromatic carbocycles. The van der Waals surface area contributed by atoms with Gasteiger partial charge in [-0.25, -0.2) is 4.68 Å². The van der Waals surface area contributed by atoms with Gasteiger partial charge < -0.3 is 14.9 Å². The summed E-state index contributed by atoms with van der Waals surface area (Å²) in [6.45, 7) is 2.06. The van der Waals surface area contributed by atoms with E-state index in [1.165, 1.54) is 18.0 Å². The first-order chi connectivity index (χ1) is 14.3. The molecule has 1 aromatic heterocycles. The third-order valence-electron chi connectivity index (χ3n) is 4.67. The van der Waals surface area contributed by atoms with Crippen LogP contribution in [-0.2, 0) is 15.6 Å². The van der Waals surface area contributed by atoms with Crippen molar-refractivity contribution < 1.29 is 14.2 Å². The van der Waals surface area contributed by atoms with E-state index in [1.807, 2.05) is 37.3 Å². The average molecular weight is 489 g/mol. The van der Waals surface area contributed by atoms with E-state index in [0.29, 0.717) is 11.0 Å². The Hall–Kier alpha value is -2.74. The van der Waals surface area contributed by atoms with Crippen LogP contribution in [0.3, 0.4) is 0 Å². The Bertz CT molecular complexity index is 1290. The minimum atomic E-state index is -3.62. The molecule has 1 aliphatic rings. The Morgan fingerprint density at radius 2 is 2.07 bits per heavy atom. The van der Waals surface area contributed by atoms with Crippen molar-refractivity contribution in [2.45, 2.75) is 13.5 Å². The molecule has 2 N–H and O–H groups in total. The molecule has 30 heavy (non-hydrogen) atoms. The van der Waals surface area contributed by atoms with Crippen molar-refractivity contribution >= 4 is 40.3 Å². The average Bonchev–Trinajstić information content (AvgIpc) is 2.71. The summed E-state index contributed by atoms with van der Waals surface area (Å²) in [5.74, 6) is -0.389. The lowest BCUT2D eigenvalue weighted by molar-refractivity contribution is 0.404. The van der Waals surface area contributed by atoms with E-state index in [-0.39, 0.29) is 23.7 Å². The van der Waals surface area contributed by atoms with E-state index < -0.39 is 13.1 Å². The number of nitrogens with zero attached hydrogens (tertiary/aromatic N) is 3. The zero-order valence-corrected chi connectivity index (χ0v) is 18.6. The fourth-order valence-electron chi connectivity index (χ4n) is 3.19. The number of aromatic nitrogens is 2. The normalized spacial score (nSPS) is 17.8. The maximum atomic E-state index is 13.3. The highest BCUT2D eigenvalue weighted by Crippen LogP contribution is 2.51. The van der Waals surface area contributed by atoms with Crippen LogP contribution in [-0.4, -0.2) is 27.8 Å². The molecule has 1 atom stereocenters. The van der Waals surface area contributed by atoms with E-state index in [0.717, 1.165) is 15.6 Å². The van der Waals surface area contributed by atoms with Crippen molar-refractivity contribution in [2.75, 3.05) is 12.4 Å². The molecule has 154 valence electrons. The molecule has 1 unspecified atom stereocenters. The number of benzene rings is 2. The Balaban J connectivity index is 1.82. The second-order valence-electron chi connectivity index (χ2n) is 6.79. The Labute approximate surface area is 180 Å². The van der Waals surface area contributed by atoms with Crippen LogP contribution in [0.2, 0.25) is 0 Å². The molecule has 0 saturated heterocycles. The van der Waals surface area contributed by atoms with Crippen LogP contribution in [0.4, 0.5) is 5.69 Å². The first kappa shape index (κ1) is 20.5. The Morgan fingerprint density at radius 1 is 1.27 bits per heavy atom. The highest BCUT2D eigenvalue weighted by molar-refractivity contribution is 9.10. The zero-order valence-electron chi connectivity index (χ0n) is 16.2. The third kappa shape index (κ3) is 3.71. The van der Waals surface area contributed by atoms with E-state index in [4.69, 9.17) is 4.52 Å². The molecule has 8 nitrogen and oxygen atoms in total. The number of aryl methyl sites for hydroxylation is 1. The number of aromatic hydroxyl groups is 1. The molecule has 3 aromatic rings. The molecular weight excluding hydrogens is 471 g/mol. The molecule has 10 heteroatoms.